The van der Waals surface area contributed by atoms with Crippen LogP contribution in [0, 0.1) is 0 Å². The second-order valence-electron chi connectivity index (χ2n) is 8.66. The van der Waals surface area contributed by atoms with Crippen LogP contribution >= 0.6 is 22.9 Å². The van der Waals surface area contributed by atoms with Crippen molar-refractivity contribution in [2.45, 2.75) is 46.8 Å². The molecule has 1 atom stereocenters. The van der Waals surface area contributed by atoms with Gasteiger partial charge >= 0.3 is 5.97 Å². The summed E-state index contributed by atoms with van der Waals surface area (Å²) in [5.41, 5.74) is 2.12. The topological polar surface area (TPSA) is 79.1 Å². The molecule has 0 unspecified atom stereocenters. The Morgan fingerprint density at radius 1 is 1.14 bits per heavy atom. The third-order valence-electron chi connectivity index (χ3n) is 5.63. The fourth-order valence-corrected chi connectivity index (χ4v) is 5.31. The predicted molar refractivity (Wildman–Crippen MR) is 145 cm³/mol. The molecule has 9 heteroatoms. The average molecular weight is 541 g/mol. The van der Waals surface area contributed by atoms with E-state index in [4.69, 9.17) is 25.8 Å². The molecule has 1 aliphatic heterocycles. The molecule has 1 aromatic heterocycles. The van der Waals surface area contributed by atoms with Gasteiger partial charge in [-0.05, 0) is 76.1 Å². The van der Waals surface area contributed by atoms with E-state index < -0.39 is 12.0 Å². The number of carbonyl (C=O) groups is 1. The first-order chi connectivity index (χ1) is 17.7. The van der Waals surface area contributed by atoms with E-state index in [2.05, 4.69) is 4.99 Å². The molecule has 2 heterocycles. The van der Waals surface area contributed by atoms with Gasteiger partial charge in [0.2, 0.25) is 0 Å². The van der Waals surface area contributed by atoms with Crippen LogP contribution in [0.15, 0.2) is 63.5 Å². The fourth-order valence-electron chi connectivity index (χ4n) is 4.14. The van der Waals surface area contributed by atoms with Gasteiger partial charge < -0.3 is 14.2 Å². The van der Waals surface area contributed by atoms with Gasteiger partial charge in [0.1, 0.15) is 0 Å². The summed E-state index contributed by atoms with van der Waals surface area (Å²) in [6.45, 7) is 10.0. The Morgan fingerprint density at radius 3 is 2.51 bits per heavy atom. The highest BCUT2D eigenvalue weighted by molar-refractivity contribution is 7.07. The van der Waals surface area contributed by atoms with Crippen LogP contribution in [0.2, 0.25) is 5.02 Å². The van der Waals surface area contributed by atoms with Gasteiger partial charge in [-0.15, -0.1) is 0 Å². The minimum Gasteiger partial charge on any atom is -0.490 e. The fraction of sp³-hybridized carbons (Fsp3) is 0.321. The third kappa shape index (κ3) is 5.65. The molecule has 0 N–H and O–H groups in total. The van der Waals surface area contributed by atoms with Crippen LogP contribution in [0.25, 0.3) is 6.08 Å². The Kier molecular flexibility index (Phi) is 8.19. The highest BCUT2D eigenvalue weighted by Crippen LogP contribution is 2.32. The summed E-state index contributed by atoms with van der Waals surface area (Å²) < 4.78 is 19.0. The molecule has 7 nitrogen and oxygen atoms in total. The first-order valence-electron chi connectivity index (χ1n) is 12.1. The molecule has 37 heavy (non-hydrogen) atoms. The normalized spacial score (nSPS) is 15.4. The minimum atomic E-state index is -0.685. The van der Waals surface area contributed by atoms with Crippen molar-refractivity contribution in [3.8, 4) is 11.5 Å². The zero-order chi connectivity index (χ0) is 26.7. The summed E-state index contributed by atoms with van der Waals surface area (Å²) in [6.07, 6.45) is 1.80. The van der Waals surface area contributed by atoms with Gasteiger partial charge in [-0.2, -0.15) is 0 Å². The number of thiazole rings is 1. The highest BCUT2D eigenvalue weighted by atomic mass is 35.5. The number of fused-ring (bicyclic) bond motifs is 1. The molecular formula is C28H29ClN2O5S. The van der Waals surface area contributed by atoms with Crippen molar-refractivity contribution >= 4 is 35.0 Å². The van der Waals surface area contributed by atoms with E-state index in [9.17, 15) is 9.59 Å². The zero-order valence-corrected chi connectivity index (χ0v) is 23.0. The van der Waals surface area contributed by atoms with Crippen molar-refractivity contribution in [2.24, 2.45) is 4.99 Å². The number of rotatable bonds is 8. The van der Waals surface area contributed by atoms with E-state index in [-0.39, 0.29) is 18.3 Å². The molecule has 3 aromatic rings. The number of allylic oxidation sites excluding steroid dienone is 1. The van der Waals surface area contributed by atoms with Crippen molar-refractivity contribution in [1.82, 2.24) is 4.57 Å². The second kappa shape index (κ2) is 11.4. The minimum absolute atomic E-state index is 0.00144. The number of halogens is 1. The average Bonchev–Trinajstić information content (AvgIpc) is 3.14. The number of benzene rings is 2. The summed E-state index contributed by atoms with van der Waals surface area (Å²) in [4.78, 5) is 31.8. The lowest BCUT2D eigenvalue weighted by Crippen LogP contribution is -2.39. The number of hydrogen-bond acceptors (Lipinski definition) is 7. The number of aromatic nitrogens is 1. The molecule has 0 radical (unpaired) electrons. The van der Waals surface area contributed by atoms with E-state index >= 15 is 0 Å². The van der Waals surface area contributed by atoms with Crippen molar-refractivity contribution in [3.63, 3.8) is 0 Å². The number of carbonyl (C=O) groups excluding carboxylic acids is 1. The lowest BCUT2D eigenvalue weighted by molar-refractivity contribution is -0.139. The van der Waals surface area contributed by atoms with Crippen molar-refractivity contribution in [1.29, 1.82) is 0 Å². The van der Waals surface area contributed by atoms with Gasteiger partial charge in [0.05, 0.1) is 41.2 Å². The lowest BCUT2D eigenvalue weighted by Gasteiger charge is -2.24. The predicted octanol–water partition coefficient (Wildman–Crippen LogP) is 4.64. The summed E-state index contributed by atoms with van der Waals surface area (Å²) in [7, 11) is 0. The monoisotopic (exact) mass is 540 g/mol. The first-order valence-corrected chi connectivity index (χ1v) is 13.3. The van der Waals surface area contributed by atoms with Crippen LogP contribution in [0.3, 0.4) is 0 Å². The molecule has 0 spiro atoms. The van der Waals surface area contributed by atoms with E-state index in [0.717, 1.165) is 11.1 Å². The molecule has 0 fully saturated rings. The molecule has 0 aliphatic carbocycles. The lowest BCUT2D eigenvalue weighted by atomic mass is 9.96. The smallest absolute Gasteiger partial charge is 0.338 e. The molecule has 0 bridgehead atoms. The molecule has 0 amide bonds. The maximum Gasteiger partial charge on any atom is 0.338 e. The highest BCUT2D eigenvalue weighted by Gasteiger charge is 2.33. The number of hydrogen-bond donors (Lipinski definition) is 0. The van der Waals surface area contributed by atoms with Crippen LogP contribution < -0.4 is 24.4 Å². The Hall–Kier alpha value is -3.36. The standard InChI is InChI=1S/C28H29ClN2O5S/c1-6-34-22-14-18(8-13-21(22)36-16(3)4)15-23-26(32)31-25(19-9-11-20(29)12-10-19)24(27(33)35-7-2)17(5)30-28(31)37-23/h8-16,25H,6-7H2,1-5H3/b23-15-/t25-/m1/s1. The van der Waals surface area contributed by atoms with Gasteiger partial charge in [0.25, 0.3) is 5.56 Å². The molecule has 0 saturated carbocycles. The van der Waals surface area contributed by atoms with Crippen LogP contribution in [-0.2, 0) is 9.53 Å². The van der Waals surface area contributed by atoms with Gasteiger partial charge in [-0.25, -0.2) is 9.79 Å². The quantitative estimate of drug-likeness (QED) is 0.389. The Balaban J connectivity index is 1.87. The van der Waals surface area contributed by atoms with E-state index in [0.29, 0.717) is 43.7 Å². The first kappa shape index (κ1) is 26.7. The van der Waals surface area contributed by atoms with Gasteiger partial charge in [-0.1, -0.05) is 41.1 Å². The van der Waals surface area contributed by atoms with Crippen molar-refractivity contribution < 1.29 is 19.0 Å². The van der Waals surface area contributed by atoms with Gasteiger partial charge in [-0.3, -0.25) is 9.36 Å². The summed E-state index contributed by atoms with van der Waals surface area (Å²) in [6, 6.07) is 12.0. The third-order valence-corrected chi connectivity index (χ3v) is 6.87. The SMILES string of the molecule is CCOC(=O)C1=C(C)N=c2s/c(=C\c3ccc(OC(C)C)c(OCC)c3)c(=O)n2[C@@H]1c1ccc(Cl)cc1. The van der Waals surface area contributed by atoms with E-state index in [1.165, 1.54) is 11.3 Å². The molecule has 194 valence electrons. The Morgan fingerprint density at radius 2 is 1.86 bits per heavy atom. The van der Waals surface area contributed by atoms with Crippen molar-refractivity contribution in [2.75, 3.05) is 13.2 Å². The maximum atomic E-state index is 13.7. The second-order valence-corrected chi connectivity index (χ2v) is 10.1. The molecular weight excluding hydrogens is 512 g/mol. The van der Waals surface area contributed by atoms with Gasteiger partial charge in [0.15, 0.2) is 16.3 Å². The van der Waals surface area contributed by atoms with E-state index in [1.807, 2.05) is 51.1 Å². The Labute approximate surface area is 224 Å². The molecule has 4 rings (SSSR count). The van der Waals surface area contributed by atoms with Crippen LogP contribution in [0.4, 0.5) is 0 Å². The van der Waals surface area contributed by atoms with Crippen LogP contribution in [-0.4, -0.2) is 29.9 Å². The number of esters is 1. The van der Waals surface area contributed by atoms with Crippen LogP contribution in [0.5, 0.6) is 11.5 Å². The van der Waals surface area contributed by atoms with Crippen molar-refractivity contribution in [3.05, 3.63) is 89.6 Å². The van der Waals surface area contributed by atoms with Crippen LogP contribution in [0.1, 0.15) is 51.8 Å². The molecule has 2 aromatic carbocycles. The number of nitrogens with zero attached hydrogens (tertiary/aromatic N) is 2. The summed E-state index contributed by atoms with van der Waals surface area (Å²) in [5, 5.41) is 0.560. The molecule has 0 saturated heterocycles. The number of ether oxygens (including phenoxy) is 3. The maximum absolute atomic E-state index is 13.7. The van der Waals surface area contributed by atoms with E-state index in [1.54, 1.807) is 36.6 Å². The zero-order valence-electron chi connectivity index (χ0n) is 21.4. The summed E-state index contributed by atoms with van der Waals surface area (Å²) in [5.74, 6) is 0.755. The molecule has 1 aliphatic rings. The van der Waals surface area contributed by atoms with Gasteiger partial charge in [0, 0.05) is 5.02 Å². The summed E-state index contributed by atoms with van der Waals surface area (Å²) >= 11 is 7.38. The Bertz CT molecular complexity index is 1520. The largest absolute Gasteiger partial charge is 0.490 e.